The summed E-state index contributed by atoms with van der Waals surface area (Å²) in [7, 11) is 0. The molecule has 0 aliphatic rings. The second kappa shape index (κ2) is 7.28. The molecule has 1 rings (SSSR count). The molecule has 3 N–H and O–H groups in total. The van der Waals surface area contributed by atoms with Crippen LogP contribution in [0.1, 0.15) is 50.3 Å². The summed E-state index contributed by atoms with van der Waals surface area (Å²) < 4.78 is 1.74. The molecule has 108 valence electrons. The van der Waals surface area contributed by atoms with Crippen LogP contribution in [-0.4, -0.2) is 28.3 Å². The van der Waals surface area contributed by atoms with Crippen LogP contribution in [0.5, 0.6) is 0 Å². The van der Waals surface area contributed by atoms with Crippen LogP contribution in [0.15, 0.2) is 6.07 Å². The van der Waals surface area contributed by atoms with Gasteiger partial charge in [-0.1, -0.05) is 20.8 Å². The number of amides is 1. The summed E-state index contributed by atoms with van der Waals surface area (Å²) in [6.07, 6.45) is 1.74. The number of carbonyl (C=O) groups is 1. The number of aromatic nitrogens is 2. The summed E-state index contributed by atoms with van der Waals surface area (Å²) in [6.45, 7) is 9.47. The first-order valence-corrected chi connectivity index (χ1v) is 7.08. The number of carbonyl (C=O) groups excluding carboxylic acids is 1. The van der Waals surface area contributed by atoms with Crippen LogP contribution in [0.2, 0.25) is 0 Å². The molecule has 1 aromatic heterocycles. The molecule has 0 radical (unpaired) electrons. The summed E-state index contributed by atoms with van der Waals surface area (Å²) in [5, 5.41) is 7.26. The molecule has 0 saturated heterocycles. The van der Waals surface area contributed by atoms with Crippen LogP contribution in [0.4, 0.5) is 0 Å². The molecule has 1 atom stereocenters. The topological polar surface area (TPSA) is 72.9 Å². The molecule has 1 unspecified atom stereocenters. The highest BCUT2D eigenvalue weighted by molar-refractivity contribution is 5.92. The number of hydrogen-bond donors (Lipinski definition) is 2. The van der Waals surface area contributed by atoms with Crippen LogP contribution in [0, 0.1) is 5.92 Å². The highest BCUT2D eigenvalue weighted by Crippen LogP contribution is 2.06. The van der Waals surface area contributed by atoms with Gasteiger partial charge < -0.3 is 11.1 Å². The third kappa shape index (κ3) is 4.67. The first-order chi connectivity index (χ1) is 8.97. The Morgan fingerprint density at radius 3 is 2.68 bits per heavy atom. The van der Waals surface area contributed by atoms with Gasteiger partial charge in [0.15, 0.2) is 0 Å². The minimum atomic E-state index is -0.0896. The number of aryl methyl sites for hydroxylation is 2. The zero-order valence-corrected chi connectivity index (χ0v) is 12.4. The van der Waals surface area contributed by atoms with Crippen LogP contribution in [0.3, 0.4) is 0 Å². The van der Waals surface area contributed by atoms with E-state index in [9.17, 15) is 4.79 Å². The number of nitrogens with two attached hydrogens (primary N) is 1. The van der Waals surface area contributed by atoms with Crippen LogP contribution < -0.4 is 11.1 Å². The Bertz CT molecular complexity index is 412. The van der Waals surface area contributed by atoms with Gasteiger partial charge in [0.2, 0.25) is 0 Å². The maximum absolute atomic E-state index is 12.1. The summed E-state index contributed by atoms with van der Waals surface area (Å²) >= 11 is 0. The third-order valence-corrected chi connectivity index (χ3v) is 3.02. The molecule has 5 nitrogen and oxygen atoms in total. The fraction of sp³-hybridized carbons (Fsp3) is 0.714. The van der Waals surface area contributed by atoms with Crippen molar-refractivity contribution in [1.29, 1.82) is 0 Å². The number of hydrogen-bond acceptors (Lipinski definition) is 3. The fourth-order valence-electron chi connectivity index (χ4n) is 2.07. The van der Waals surface area contributed by atoms with E-state index in [4.69, 9.17) is 5.73 Å². The van der Waals surface area contributed by atoms with E-state index in [-0.39, 0.29) is 11.9 Å². The molecule has 19 heavy (non-hydrogen) atoms. The van der Waals surface area contributed by atoms with Crippen LogP contribution >= 0.6 is 0 Å². The standard InChI is InChI=1S/C14H26N4O/c1-5-12-8-13(18(6-2)17-12)14(19)16-9-11(15)7-10(3)4/h8,10-11H,5-7,9,15H2,1-4H3,(H,16,19). The Hall–Kier alpha value is -1.36. The molecule has 0 bridgehead atoms. The smallest absolute Gasteiger partial charge is 0.269 e. The second-order valence-corrected chi connectivity index (χ2v) is 5.29. The van der Waals surface area contributed by atoms with Crippen molar-refractivity contribution >= 4 is 5.91 Å². The van der Waals surface area contributed by atoms with Crippen molar-refractivity contribution in [2.75, 3.05) is 6.54 Å². The van der Waals surface area contributed by atoms with Gasteiger partial charge in [-0.25, -0.2) is 0 Å². The summed E-state index contributed by atoms with van der Waals surface area (Å²) in [6, 6.07) is 1.86. The Morgan fingerprint density at radius 2 is 2.16 bits per heavy atom. The molecule has 0 aliphatic heterocycles. The Kier molecular flexibility index (Phi) is 6.02. The number of rotatable bonds is 7. The van der Waals surface area contributed by atoms with E-state index < -0.39 is 0 Å². The molecule has 0 saturated carbocycles. The van der Waals surface area contributed by atoms with Gasteiger partial charge in [0.25, 0.3) is 5.91 Å². The quantitative estimate of drug-likeness (QED) is 0.786. The van der Waals surface area contributed by atoms with E-state index in [1.165, 1.54) is 0 Å². The van der Waals surface area contributed by atoms with Gasteiger partial charge in [-0.2, -0.15) is 5.10 Å². The van der Waals surface area contributed by atoms with Gasteiger partial charge in [-0.3, -0.25) is 9.48 Å². The van der Waals surface area contributed by atoms with Crippen LogP contribution in [0.25, 0.3) is 0 Å². The molecule has 0 fully saturated rings. The Labute approximate surface area is 115 Å². The van der Waals surface area contributed by atoms with Crippen molar-refractivity contribution in [3.63, 3.8) is 0 Å². The molecule has 0 aromatic carbocycles. The lowest BCUT2D eigenvalue weighted by Crippen LogP contribution is -2.38. The zero-order chi connectivity index (χ0) is 14.4. The van der Waals surface area contributed by atoms with Crippen molar-refractivity contribution in [1.82, 2.24) is 15.1 Å². The summed E-state index contributed by atoms with van der Waals surface area (Å²) in [5.74, 6) is 0.452. The molecule has 0 aliphatic carbocycles. The maximum Gasteiger partial charge on any atom is 0.269 e. The molecule has 0 spiro atoms. The van der Waals surface area contributed by atoms with E-state index in [0.717, 1.165) is 18.5 Å². The molecular formula is C14H26N4O. The molecule has 5 heteroatoms. The van der Waals surface area contributed by atoms with E-state index in [1.807, 2.05) is 19.9 Å². The van der Waals surface area contributed by atoms with E-state index in [1.54, 1.807) is 4.68 Å². The summed E-state index contributed by atoms with van der Waals surface area (Å²) in [4.78, 5) is 12.1. The SMILES string of the molecule is CCc1cc(C(=O)NCC(N)CC(C)C)n(CC)n1. The summed E-state index contributed by atoms with van der Waals surface area (Å²) in [5.41, 5.74) is 7.53. The van der Waals surface area contributed by atoms with Gasteiger partial charge >= 0.3 is 0 Å². The third-order valence-electron chi connectivity index (χ3n) is 3.02. The average Bonchev–Trinajstić information content (AvgIpc) is 2.78. The minimum absolute atomic E-state index is 0.00703. The molecule has 1 heterocycles. The highest BCUT2D eigenvalue weighted by atomic mass is 16.2. The largest absolute Gasteiger partial charge is 0.349 e. The van der Waals surface area contributed by atoms with E-state index >= 15 is 0 Å². The van der Waals surface area contributed by atoms with Crippen LogP contribution in [-0.2, 0) is 13.0 Å². The van der Waals surface area contributed by atoms with Gasteiger partial charge in [0.05, 0.1) is 5.69 Å². The maximum atomic E-state index is 12.1. The lowest BCUT2D eigenvalue weighted by atomic mass is 10.0. The number of nitrogens with zero attached hydrogens (tertiary/aromatic N) is 2. The lowest BCUT2D eigenvalue weighted by molar-refractivity contribution is 0.0939. The predicted molar refractivity (Wildman–Crippen MR) is 77.0 cm³/mol. The Balaban J connectivity index is 2.60. The van der Waals surface area contributed by atoms with Gasteiger partial charge in [-0.15, -0.1) is 0 Å². The monoisotopic (exact) mass is 266 g/mol. The van der Waals surface area contributed by atoms with Crippen molar-refractivity contribution in [2.24, 2.45) is 11.7 Å². The van der Waals surface area contributed by atoms with Crippen molar-refractivity contribution in [3.05, 3.63) is 17.5 Å². The highest BCUT2D eigenvalue weighted by Gasteiger charge is 2.15. The minimum Gasteiger partial charge on any atom is -0.349 e. The molecule has 1 aromatic rings. The molecule has 1 amide bonds. The number of nitrogens with one attached hydrogen (secondary N) is 1. The Morgan fingerprint density at radius 1 is 1.47 bits per heavy atom. The van der Waals surface area contributed by atoms with Gasteiger partial charge in [0.1, 0.15) is 5.69 Å². The second-order valence-electron chi connectivity index (χ2n) is 5.29. The lowest BCUT2D eigenvalue weighted by Gasteiger charge is -2.14. The normalized spacial score (nSPS) is 12.7. The average molecular weight is 266 g/mol. The first-order valence-electron chi connectivity index (χ1n) is 7.08. The van der Waals surface area contributed by atoms with Crippen molar-refractivity contribution in [3.8, 4) is 0 Å². The van der Waals surface area contributed by atoms with Gasteiger partial charge in [-0.05, 0) is 31.7 Å². The van der Waals surface area contributed by atoms with Crippen molar-refractivity contribution < 1.29 is 4.79 Å². The first kappa shape index (κ1) is 15.7. The molecular weight excluding hydrogens is 240 g/mol. The zero-order valence-electron chi connectivity index (χ0n) is 12.4. The van der Waals surface area contributed by atoms with E-state index in [2.05, 4.69) is 24.3 Å². The van der Waals surface area contributed by atoms with E-state index in [0.29, 0.717) is 24.7 Å². The fourth-order valence-corrected chi connectivity index (χ4v) is 2.07. The predicted octanol–water partition coefficient (Wildman–Crippen LogP) is 1.57. The van der Waals surface area contributed by atoms with Gasteiger partial charge in [0, 0.05) is 19.1 Å². The van der Waals surface area contributed by atoms with Crippen molar-refractivity contribution in [2.45, 2.75) is 53.1 Å².